The van der Waals surface area contributed by atoms with Gasteiger partial charge in [0.2, 0.25) is 0 Å². The van der Waals surface area contributed by atoms with Crippen LogP contribution in [0.25, 0.3) is 0 Å². The number of nitrogens with zero attached hydrogens (tertiary/aromatic N) is 1. The maximum absolute atomic E-state index is 12.8. The van der Waals surface area contributed by atoms with Crippen LogP contribution in [0.4, 0.5) is 4.39 Å². The summed E-state index contributed by atoms with van der Waals surface area (Å²) in [4.78, 5) is 2.48. The van der Waals surface area contributed by atoms with Crippen LogP contribution in [-0.2, 0) is 0 Å². The van der Waals surface area contributed by atoms with Gasteiger partial charge < -0.3 is 14.7 Å². The Morgan fingerprint density at radius 2 is 1.86 bits per heavy atom. The fourth-order valence-electron chi connectivity index (χ4n) is 2.98. The molecule has 118 valence electrons. The van der Waals surface area contributed by atoms with Crippen molar-refractivity contribution in [3.63, 3.8) is 0 Å². The summed E-state index contributed by atoms with van der Waals surface area (Å²) in [5.74, 6) is 1.06. The smallest absolute Gasteiger partial charge is 0.123 e. The fourth-order valence-corrected chi connectivity index (χ4v) is 2.98. The van der Waals surface area contributed by atoms with E-state index in [0.29, 0.717) is 24.3 Å². The zero-order chi connectivity index (χ0) is 15.2. The maximum Gasteiger partial charge on any atom is 0.123 e. The van der Waals surface area contributed by atoms with E-state index < -0.39 is 0 Å². The molecule has 1 aromatic rings. The lowest BCUT2D eigenvalue weighted by Gasteiger charge is -2.37. The van der Waals surface area contributed by atoms with Crippen molar-refractivity contribution in [1.82, 2.24) is 4.90 Å². The Bertz CT molecular complexity index is 413. The lowest BCUT2D eigenvalue weighted by Crippen LogP contribution is -2.41. The second kappa shape index (κ2) is 7.76. The van der Waals surface area contributed by atoms with E-state index in [1.54, 1.807) is 12.1 Å². The molecule has 1 N–H and O–H groups in total. The monoisotopic (exact) mass is 295 g/mol. The molecule has 1 aliphatic rings. The van der Waals surface area contributed by atoms with Crippen molar-refractivity contribution in [2.75, 3.05) is 26.3 Å². The summed E-state index contributed by atoms with van der Waals surface area (Å²) in [6, 6.07) is 6.64. The van der Waals surface area contributed by atoms with Crippen LogP contribution >= 0.6 is 0 Å². The zero-order valence-corrected chi connectivity index (χ0v) is 13.0. The quantitative estimate of drug-likeness (QED) is 0.876. The molecule has 21 heavy (non-hydrogen) atoms. The third-order valence-corrected chi connectivity index (χ3v) is 4.48. The Labute approximate surface area is 126 Å². The highest BCUT2D eigenvalue weighted by Crippen LogP contribution is 2.26. The molecule has 0 amide bonds. The van der Waals surface area contributed by atoms with E-state index in [2.05, 4.69) is 18.7 Å². The fraction of sp³-hybridized carbons (Fsp3) is 0.647. The summed E-state index contributed by atoms with van der Waals surface area (Å²) in [6.45, 7) is 7.27. The minimum Gasteiger partial charge on any atom is -0.493 e. The number of likely N-dealkylation sites (tertiary alicyclic amines) is 1. The zero-order valence-electron chi connectivity index (χ0n) is 13.0. The van der Waals surface area contributed by atoms with Gasteiger partial charge in [0, 0.05) is 18.6 Å². The molecule has 1 saturated heterocycles. The van der Waals surface area contributed by atoms with Crippen molar-refractivity contribution in [3.8, 4) is 5.75 Å². The highest BCUT2D eigenvalue weighted by atomic mass is 19.1. The Balaban J connectivity index is 1.82. The number of rotatable bonds is 6. The maximum atomic E-state index is 12.8. The average molecular weight is 295 g/mol. The van der Waals surface area contributed by atoms with E-state index in [-0.39, 0.29) is 18.3 Å². The molecule has 4 heteroatoms. The number of hydrogen-bond acceptors (Lipinski definition) is 3. The molecule has 1 heterocycles. The molecule has 1 fully saturated rings. The summed E-state index contributed by atoms with van der Waals surface area (Å²) < 4.78 is 18.5. The molecule has 3 nitrogen and oxygen atoms in total. The molecular formula is C17H26FNO2. The van der Waals surface area contributed by atoms with E-state index in [4.69, 9.17) is 4.74 Å². The highest BCUT2D eigenvalue weighted by Gasteiger charge is 2.27. The van der Waals surface area contributed by atoms with Crippen LogP contribution in [0.3, 0.4) is 0 Å². The minimum absolute atomic E-state index is 0.146. The summed E-state index contributed by atoms with van der Waals surface area (Å²) in [6.07, 6.45) is 2.21. The third kappa shape index (κ3) is 4.68. The first-order valence-corrected chi connectivity index (χ1v) is 7.83. The summed E-state index contributed by atoms with van der Waals surface area (Å²) in [5.41, 5.74) is 0. The molecule has 0 saturated carbocycles. The molecule has 0 bridgehead atoms. The lowest BCUT2D eigenvalue weighted by molar-refractivity contribution is 0.0648. The SMILES string of the molecule is CC(C)N1CCC(C(CO)COc2ccc(F)cc2)CC1. The number of benzene rings is 1. The first kappa shape index (κ1) is 16.2. The van der Waals surface area contributed by atoms with Crippen LogP contribution in [0.5, 0.6) is 5.75 Å². The molecule has 1 atom stereocenters. The van der Waals surface area contributed by atoms with Gasteiger partial charge in [0.1, 0.15) is 11.6 Å². The number of piperidine rings is 1. The summed E-state index contributed by atoms with van der Waals surface area (Å²) in [7, 11) is 0. The Hall–Kier alpha value is -1.13. The normalized spacial score (nSPS) is 18.9. The third-order valence-electron chi connectivity index (χ3n) is 4.48. The lowest BCUT2D eigenvalue weighted by atomic mass is 9.85. The van der Waals surface area contributed by atoms with Crippen molar-refractivity contribution >= 4 is 0 Å². The van der Waals surface area contributed by atoms with Crippen molar-refractivity contribution in [2.45, 2.75) is 32.7 Å². The van der Waals surface area contributed by atoms with Gasteiger partial charge in [-0.15, -0.1) is 0 Å². The highest BCUT2D eigenvalue weighted by molar-refractivity contribution is 5.22. The molecule has 1 aromatic carbocycles. The van der Waals surface area contributed by atoms with Crippen LogP contribution < -0.4 is 4.74 Å². The molecule has 0 spiro atoms. The van der Waals surface area contributed by atoms with Crippen molar-refractivity contribution < 1.29 is 14.2 Å². The number of aliphatic hydroxyl groups excluding tert-OH is 1. The predicted molar refractivity (Wildman–Crippen MR) is 81.9 cm³/mol. The topological polar surface area (TPSA) is 32.7 Å². The summed E-state index contributed by atoms with van der Waals surface area (Å²) in [5, 5.41) is 9.62. The van der Waals surface area contributed by atoms with Crippen LogP contribution in [0.2, 0.25) is 0 Å². The van der Waals surface area contributed by atoms with Crippen LogP contribution in [0, 0.1) is 17.7 Å². The molecule has 0 radical (unpaired) electrons. The van der Waals surface area contributed by atoms with E-state index in [0.717, 1.165) is 25.9 Å². The van der Waals surface area contributed by atoms with Gasteiger partial charge in [-0.3, -0.25) is 0 Å². The predicted octanol–water partition coefficient (Wildman–Crippen LogP) is 2.93. The molecule has 2 rings (SSSR count). The minimum atomic E-state index is -0.262. The van der Waals surface area contributed by atoms with E-state index in [1.807, 2.05) is 0 Å². The van der Waals surface area contributed by atoms with Crippen LogP contribution in [-0.4, -0.2) is 42.4 Å². The molecule has 1 unspecified atom stereocenters. The number of halogens is 1. The van der Waals surface area contributed by atoms with Gasteiger partial charge in [-0.05, 0) is 70.0 Å². The second-order valence-electron chi connectivity index (χ2n) is 6.17. The van der Waals surface area contributed by atoms with Gasteiger partial charge in [-0.2, -0.15) is 0 Å². The van der Waals surface area contributed by atoms with Crippen LogP contribution in [0.1, 0.15) is 26.7 Å². The van der Waals surface area contributed by atoms with E-state index in [1.165, 1.54) is 12.1 Å². The van der Waals surface area contributed by atoms with Gasteiger partial charge in [-0.1, -0.05) is 0 Å². The van der Waals surface area contributed by atoms with Gasteiger partial charge >= 0.3 is 0 Å². The largest absolute Gasteiger partial charge is 0.493 e. The standard InChI is InChI=1S/C17H26FNO2/c1-13(2)19-9-7-14(8-10-19)15(11-20)12-21-17-5-3-16(18)4-6-17/h3-6,13-15,20H,7-12H2,1-2H3. The molecule has 1 aliphatic heterocycles. The second-order valence-corrected chi connectivity index (χ2v) is 6.17. The Morgan fingerprint density at radius 3 is 2.38 bits per heavy atom. The molecule has 0 aromatic heterocycles. The molecule has 0 aliphatic carbocycles. The van der Waals surface area contributed by atoms with Crippen LogP contribution in [0.15, 0.2) is 24.3 Å². The number of ether oxygens (including phenoxy) is 1. The van der Waals surface area contributed by atoms with Gasteiger partial charge in [0.15, 0.2) is 0 Å². The van der Waals surface area contributed by atoms with Gasteiger partial charge in [0.25, 0.3) is 0 Å². The van der Waals surface area contributed by atoms with E-state index >= 15 is 0 Å². The number of hydrogen-bond donors (Lipinski definition) is 1. The first-order chi connectivity index (χ1) is 10.1. The Morgan fingerprint density at radius 1 is 1.24 bits per heavy atom. The Kier molecular flexibility index (Phi) is 6.00. The first-order valence-electron chi connectivity index (χ1n) is 7.83. The molecular weight excluding hydrogens is 269 g/mol. The van der Waals surface area contributed by atoms with Crippen molar-refractivity contribution in [2.24, 2.45) is 11.8 Å². The van der Waals surface area contributed by atoms with E-state index in [9.17, 15) is 9.50 Å². The van der Waals surface area contributed by atoms with Crippen molar-refractivity contribution in [3.05, 3.63) is 30.1 Å². The average Bonchev–Trinajstić information content (AvgIpc) is 2.50. The number of aliphatic hydroxyl groups is 1. The van der Waals surface area contributed by atoms with Gasteiger partial charge in [0.05, 0.1) is 6.61 Å². The summed E-state index contributed by atoms with van der Waals surface area (Å²) >= 11 is 0. The van der Waals surface area contributed by atoms with Crippen molar-refractivity contribution in [1.29, 1.82) is 0 Å². The van der Waals surface area contributed by atoms with Gasteiger partial charge in [-0.25, -0.2) is 4.39 Å².